The van der Waals surface area contributed by atoms with Crippen LogP contribution in [0.4, 0.5) is 10.6 Å². The van der Waals surface area contributed by atoms with Gasteiger partial charge >= 0.3 is 6.09 Å². The summed E-state index contributed by atoms with van der Waals surface area (Å²) in [6, 6.07) is 11.6. The van der Waals surface area contributed by atoms with Crippen molar-refractivity contribution >= 4 is 40.2 Å². The minimum atomic E-state index is -0.528. The summed E-state index contributed by atoms with van der Waals surface area (Å²) in [7, 11) is 0. The summed E-state index contributed by atoms with van der Waals surface area (Å²) < 4.78 is 5.37. The van der Waals surface area contributed by atoms with Gasteiger partial charge in [-0.1, -0.05) is 35.9 Å². The van der Waals surface area contributed by atoms with Crippen molar-refractivity contribution < 1.29 is 14.3 Å². The third kappa shape index (κ3) is 4.94. The average molecular weight is 481 g/mol. The monoisotopic (exact) mass is 480 g/mol. The molecule has 2 aromatic carbocycles. The van der Waals surface area contributed by atoms with Gasteiger partial charge in [-0.15, -0.1) is 0 Å². The number of anilines is 1. The molecule has 3 aromatic rings. The summed E-state index contributed by atoms with van der Waals surface area (Å²) in [5, 5.41) is 5.14. The fourth-order valence-corrected chi connectivity index (χ4v) is 4.46. The Kier molecular flexibility index (Phi) is 6.41. The molecule has 1 saturated heterocycles. The molecule has 1 aliphatic heterocycles. The number of benzene rings is 2. The van der Waals surface area contributed by atoms with E-state index in [1.807, 2.05) is 64.1 Å². The molecular weight excluding hydrogens is 452 g/mol. The van der Waals surface area contributed by atoms with E-state index < -0.39 is 5.60 Å². The molecule has 2 heterocycles. The van der Waals surface area contributed by atoms with E-state index in [4.69, 9.17) is 22.1 Å². The number of likely N-dealkylation sites (tertiary alicyclic amines) is 1. The van der Waals surface area contributed by atoms with Crippen LogP contribution in [0.5, 0.6) is 0 Å². The number of ether oxygens (including phenoxy) is 1. The number of carbonyl (C=O) groups is 2. The number of pyridine rings is 1. The predicted molar refractivity (Wildman–Crippen MR) is 135 cm³/mol. The van der Waals surface area contributed by atoms with Crippen LogP contribution in [0, 0.1) is 12.8 Å². The van der Waals surface area contributed by atoms with E-state index in [1.54, 1.807) is 11.1 Å². The quantitative estimate of drug-likeness (QED) is 0.545. The van der Waals surface area contributed by atoms with Crippen molar-refractivity contribution in [3.63, 3.8) is 0 Å². The molecule has 0 bridgehead atoms. The second-order valence-corrected chi connectivity index (χ2v) is 10.1. The lowest BCUT2D eigenvalue weighted by Gasteiger charge is -2.39. The van der Waals surface area contributed by atoms with Crippen LogP contribution in [0.15, 0.2) is 42.6 Å². The zero-order valence-electron chi connectivity index (χ0n) is 19.8. The van der Waals surface area contributed by atoms with E-state index in [0.717, 1.165) is 27.5 Å². The molecule has 34 heavy (non-hydrogen) atoms. The first-order chi connectivity index (χ1) is 16.0. The number of nitrogens with zero attached hydrogens (tertiary/aromatic N) is 2. The molecule has 0 radical (unpaired) electrons. The van der Waals surface area contributed by atoms with Gasteiger partial charge in [-0.2, -0.15) is 0 Å². The maximum absolute atomic E-state index is 13.0. The number of rotatable bonds is 4. The second-order valence-electron chi connectivity index (χ2n) is 9.71. The van der Waals surface area contributed by atoms with E-state index in [1.165, 1.54) is 0 Å². The predicted octanol–water partition coefficient (Wildman–Crippen LogP) is 5.04. The number of nitrogen functional groups attached to an aromatic ring is 1. The largest absolute Gasteiger partial charge is 0.444 e. The minimum absolute atomic E-state index is 0.162. The highest BCUT2D eigenvalue weighted by Crippen LogP contribution is 2.34. The van der Waals surface area contributed by atoms with Crippen molar-refractivity contribution in [2.75, 3.05) is 25.4 Å². The average Bonchev–Trinajstić information content (AvgIpc) is 2.71. The van der Waals surface area contributed by atoms with Gasteiger partial charge in [-0.25, -0.2) is 9.78 Å². The molecule has 4 rings (SSSR count). The summed E-state index contributed by atoms with van der Waals surface area (Å²) in [4.78, 5) is 31.0. The Bertz CT molecular complexity index is 1240. The van der Waals surface area contributed by atoms with Gasteiger partial charge in [0.15, 0.2) is 0 Å². The van der Waals surface area contributed by atoms with Crippen LogP contribution in [-0.2, 0) is 4.74 Å². The molecule has 3 N–H and O–H groups in total. The minimum Gasteiger partial charge on any atom is -0.444 e. The van der Waals surface area contributed by atoms with Gasteiger partial charge < -0.3 is 20.7 Å². The first-order valence-electron chi connectivity index (χ1n) is 11.2. The van der Waals surface area contributed by atoms with Crippen molar-refractivity contribution in [2.45, 2.75) is 33.3 Å². The summed E-state index contributed by atoms with van der Waals surface area (Å²) in [6.45, 7) is 9.04. The summed E-state index contributed by atoms with van der Waals surface area (Å²) in [5.74, 6) is 0.0547. The number of nitrogens with one attached hydrogen (secondary N) is 1. The van der Waals surface area contributed by atoms with Gasteiger partial charge in [0, 0.05) is 47.7 Å². The summed E-state index contributed by atoms with van der Waals surface area (Å²) in [6.07, 6.45) is 1.34. The molecule has 0 unspecified atom stereocenters. The first-order valence-corrected chi connectivity index (χ1v) is 11.6. The molecule has 178 valence electrons. The van der Waals surface area contributed by atoms with Crippen molar-refractivity contribution in [2.24, 2.45) is 5.92 Å². The maximum Gasteiger partial charge on any atom is 0.410 e. The fourth-order valence-electron chi connectivity index (χ4n) is 4.13. The number of amides is 2. The Hall–Kier alpha value is -3.32. The van der Waals surface area contributed by atoms with Crippen LogP contribution in [0.1, 0.15) is 36.7 Å². The van der Waals surface area contributed by atoms with Crippen LogP contribution >= 0.6 is 11.6 Å². The SMILES string of the molecule is Cc1cccc(Cl)c1-c1ccc2c(C(=O)NCC3CN(C(=O)OC(C)(C)C)C3)c(N)ncc2c1. The number of aromatic nitrogens is 1. The van der Waals surface area contributed by atoms with Gasteiger partial charge in [-0.3, -0.25) is 4.79 Å². The molecule has 8 heteroatoms. The number of hydrogen-bond acceptors (Lipinski definition) is 5. The summed E-state index contributed by atoms with van der Waals surface area (Å²) in [5.41, 5.74) is 8.88. The molecule has 1 fully saturated rings. The van der Waals surface area contributed by atoms with Gasteiger partial charge in [0.25, 0.3) is 5.91 Å². The van der Waals surface area contributed by atoms with Crippen molar-refractivity contribution in [1.82, 2.24) is 15.2 Å². The Balaban J connectivity index is 1.47. The van der Waals surface area contributed by atoms with Crippen LogP contribution in [0.25, 0.3) is 21.9 Å². The molecule has 1 aromatic heterocycles. The first kappa shape index (κ1) is 23.8. The summed E-state index contributed by atoms with van der Waals surface area (Å²) >= 11 is 6.44. The Labute approximate surface area is 204 Å². The van der Waals surface area contributed by atoms with Gasteiger partial charge in [0.2, 0.25) is 0 Å². The Morgan fingerprint density at radius 3 is 2.65 bits per heavy atom. The number of nitrogens with two attached hydrogens (primary N) is 1. The topological polar surface area (TPSA) is 97.5 Å². The standard InChI is InChI=1S/C26H29ClN4O3/c1-15-6-5-7-20(27)21(15)17-8-9-19-18(10-17)12-29-23(28)22(19)24(32)30-11-16-13-31(14-16)25(33)34-26(2,3)4/h5-10,12,16H,11,13-14H2,1-4H3,(H2,28,29)(H,30,32). The highest BCUT2D eigenvalue weighted by Gasteiger charge is 2.34. The van der Waals surface area contributed by atoms with Crippen LogP contribution in [0.2, 0.25) is 5.02 Å². The van der Waals surface area contributed by atoms with Crippen LogP contribution in [0.3, 0.4) is 0 Å². The number of fused-ring (bicyclic) bond motifs is 1. The van der Waals surface area contributed by atoms with E-state index in [-0.39, 0.29) is 23.7 Å². The van der Waals surface area contributed by atoms with Crippen molar-refractivity contribution in [3.8, 4) is 11.1 Å². The molecule has 2 amide bonds. The van der Waals surface area contributed by atoms with Gasteiger partial charge in [0.1, 0.15) is 11.4 Å². The van der Waals surface area contributed by atoms with Crippen LogP contribution in [-0.4, -0.2) is 47.1 Å². The molecule has 0 aliphatic carbocycles. The van der Waals surface area contributed by atoms with E-state index in [0.29, 0.717) is 30.2 Å². The fraction of sp³-hybridized carbons (Fsp3) is 0.346. The van der Waals surface area contributed by atoms with E-state index >= 15 is 0 Å². The lowest BCUT2D eigenvalue weighted by atomic mass is 9.96. The number of halogens is 1. The molecule has 0 atom stereocenters. The lowest BCUT2D eigenvalue weighted by molar-refractivity contribution is -0.000529. The Morgan fingerprint density at radius 2 is 1.97 bits per heavy atom. The van der Waals surface area contributed by atoms with E-state index in [9.17, 15) is 9.59 Å². The molecule has 0 saturated carbocycles. The number of hydrogen-bond donors (Lipinski definition) is 2. The highest BCUT2D eigenvalue weighted by molar-refractivity contribution is 6.33. The van der Waals surface area contributed by atoms with Crippen molar-refractivity contribution in [3.05, 3.63) is 58.7 Å². The number of carbonyl (C=O) groups excluding carboxylic acids is 2. The zero-order valence-corrected chi connectivity index (χ0v) is 20.6. The molecule has 1 aliphatic rings. The maximum atomic E-state index is 13.0. The van der Waals surface area contributed by atoms with Crippen molar-refractivity contribution in [1.29, 1.82) is 0 Å². The second kappa shape index (κ2) is 9.14. The molecule has 0 spiro atoms. The number of aryl methyl sites for hydroxylation is 1. The molecular formula is C26H29ClN4O3. The van der Waals surface area contributed by atoms with Crippen LogP contribution < -0.4 is 11.1 Å². The third-order valence-corrected chi connectivity index (χ3v) is 6.13. The smallest absolute Gasteiger partial charge is 0.410 e. The molecule has 7 nitrogen and oxygen atoms in total. The lowest BCUT2D eigenvalue weighted by Crippen LogP contribution is -2.54. The normalized spacial score (nSPS) is 14.1. The van der Waals surface area contributed by atoms with Gasteiger partial charge in [-0.05, 0) is 56.3 Å². The zero-order chi connectivity index (χ0) is 24.6. The van der Waals surface area contributed by atoms with Gasteiger partial charge in [0.05, 0.1) is 5.56 Å². The van der Waals surface area contributed by atoms with E-state index in [2.05, 4.69) is 10.3 Å². The highest BCUT2D eigenvalue weighted by atomic mass is 35.5. The Morgan fingerprint density at radius 1 is 1.24 bits per heavy atom. The third-order valence-electron chi connectivity index (χ3n) is 5.82.